The predicted octanol–water partition coefficient (Wildman–Crippen LogP) is 0.444. The lowest BCUT2D eigenvalue weighted by Gasteiger charge is -2.23. The van der Waals surface area contributed by atoms with Crippen molar-refractivity contribution >= 4 is 5.84 Å². The molecule has 0 aliphatic rings. The number of amidine groups is 1. The van der Waals surface area contributed by atoms with E-state index in [1.807, 2.05) is 25.6 Å². The third kappa shape index (κ3) is 3.30. The van der Waals surface area contributed by atoms with Crippen LogP contribution < -0.4 is 5.73 Å². The Balaban J connectivity index is 2.56. The van der Waals surface area contributed by atoms with Crippen molar-refractivity contribution in [3.63, 3.8) is 0 Å². The van der Waals surface area contributed by atoms with E-state index in [4.69, 9.17) is 11.1 Å². The molecule has 1 atom stereocenters. The Morgan fingerprint density at radius 2 is 2.38 bits per heavy atom. The summed E-state index contributed by atoms with van der Waals surface area (Å²) in [6.45, 7) is 5.64. The van der Waals surface area contributed by atoms with Crippen molar-refractivity contribution in [1.29, 1.82) is 5.41 Å². The summed E-state index contributed by atoms with van der Waals surface area (Å²) < 4.78 is 1.87. The molecule has 0 aromatic carbocycles. The van der Waals surface area contributed by atoms with Gasteiger partial charge in [-0.15, -0.1) is 0 Å². The lowest BCUT2D eigenvalue weighted by atomic mass is 10.2. The molecule has 90 valence electrons. The third-order valence-corrected chi connectivity index (χ3v) is 2.65. The van der Waals surface area contributed by atoms with Crippen molar-refractivity contribution in [2.45, 2.75) is 39.4 Å². The maximum Gasteiger partial charge on any atom is 0.140 e. The van der Waals surface area contributed by atoms with Gasteiger partial charge < -0.3 is 5.73 Å². The van der Waals surface area contributed by atoms with Gasteiger partial charge in [-0.3, -0.25) is 10.3 Å². The molecule has 16 heavy (non-hydrogen) atoms. The molecule has 6 nitrogen and oxygen atoms in total. The molecule has 1 aromatic heterocycles. The third-order valence-electron chi connectivity index (χ3n) is 2.65. The van der Waals surface area contributed by atoms with Gasteiger partial charge in [0.2, 0.25) is 0 Å². The first-order valence-electron chi connectivity index (χ1n) is 5.44. The average Bonchev–Trinajstić information content (AvgIpc) is 2.64. The first-order chi connectivity index (χ1) is 7.54. The number of nitrogens with zero attached hydrogens (tertiary/aromatic N) is 4. The highest BCUT2D eigenvalue weighted by atomic mass is 15.3. The van der Waals surface area contributed by atoms with E-state index in [0.717, 1.165) is 18.9 Å². The van der Waals surface area contributed by atoms with Crippen LogP contribution in [0.15, 0.2) is 6.33 Å². The van der Waals surface area contributed by atoms with E-state index in [1.165, 1.54) is 0 Å². The number of aromatic nitrogens is 3. The van der Waals surface area contributed by atoms with Crippen LogP contribution in [0.3, 0.4) is 0 Å². The Kier molecular flexibility index (Phi) is 4.42. The number of nitrogens with one attached hydrogen (secondary N) is 1. The van der Waals surface area contributed by atoms with Crippen LogP contribution in [0.2, 0.25) is 0 Å². The Hall–Kier alpha value is -1.43. The lowest BCUT2D eigenvalue weighted by molar-refractivity contribution is 0.243. The Bertz CT molecular complexity index is 345. The van der Waals surface area contributed by atoms with Crippen LogP contribution >= 0.6 is 0 Å². The van der Waals surface area contributed by atoms with Crippen LogP contribution in [0.25, 0.3) is 0 Å². The zero-order valence-electron chi connectivity index (χ0n) is 10.1. The molecule has 0 saturated heterocycles. The summed E-state index contributed by atoms with van der Waals surface area (Å²) in [4.78, 5) is 6.34. The van der Waals surface area contributed by atoms with Crippen LogP contribution in [-0.2, 0) is 13.1 Å². The van der Waals surface area contributed by atoms with Crippen molar-refractivity contribution in [2.75, 3.05) is 7.05 Å². The fourth-order valence-electron chi connectivity index (χ4n) is 1.53. The second-order valence-corrected chi connectivity index (χ2v) is 3.99. The Morgan fingerprint density at radius 1 is 1.69 bits per heavy atom. The Labute approximate surface area is 96.0 Å². The molecule has 1 heterocycles. The van der Waals surface area contributed by atoms with Crippen LogP contribution in [0.5, 0.6) is 0 Å². The zero-order valence-corrected chi connectivity index (χ0v) is 10.1. The minimum atomic E-state index is 0.219. The van der Waals surface area contributed by atoms with E-state index in [-0.39, 0.29) is 11.9 Å². The van der Waals surface area contributed by atoms with Gasteiger partial charge in [-0.05, 0) is 20.9 Å². The van der Waals surface area contributed by atoms with Gasteiger partial charge in [0.25, 0.3) is 0 Å². The highest BCUT2D eigenvalue weighted by molar-refractivity contribution is 5.77. The van der Waals surface area contributed by atoms with Crippen molar-refractivity contribution in [1.82, 2.24) is 19.7 Å². The fraction of sp³-hybridized carbons (Fsp3) is 0.700. The largest absolute Gasteiger partial charge is 0.388 e. The van der Waals surface area contributed by atoms with Gasteiger partial charge in [-0.25, -0.2) is 9.67 Å². The van der Waals surface area contributed by atoms with Gasteiger partial charge in [-0.2, -0.15) is 5.10 Å². The molecule has 0 radical (unpaired) electrons. The molecule has 3 N–H and O–H groups in total. The number of rotatable bonds is 6. The summed E-state index contributed by atoms with van der Waals surface area (Å²) in [5.74, 6) is 1.16. The molecular weight excluding hydrogens is 204 g/mol. The van der Waals surface area contributed by atoms with Crippen molar-refractivity contribution < 1.29 is 0 Å². The van der Waals surface area contributed by atoms with Crippen LogP contribution in [-0.4, -0.2) is 38.6 Å². The standard InChI is InChI=1S/C10H20N6/c1-4-16-10(13-7-14-16)6-15(3)8(2)5-9(11)12/h7-8H,4-6H2,1-3H3,(H3,11,12). The summed E-state index contributed by atoms with van der Waals surface area (Å²) in [7, 11) is 2.00. The van der Waals surface area contributed by atoms with Gasteiger partial charge in [0.15, 0.2) is 0 Å². The van der Waals surface area contributed by atoms with E-state index in [2.05, 4.69) is 15.0 Å². The zero-order chi connectivity index (χ0) is 12.1. The average molecular weight is 224 g/mol. The van der Waals surface area contributed by atoms with Gasteiger partial charge in [0.05, 0.1) is 12.4 Å². The van der Waals surface area contributed by atoms with Crippen LogP contribution in [0.4, 0.5) is 0 Å². The predicted molar refractivity (Wildman–Crippen MR) is 63.2 cm³/mol. The highest BCUT2D eigenvalue weighted by Crippen LogP contribution is 2.06. The minimum Gasteiger partial charge on any atom is -0.388 e. The smallest absolute Gasteiger partial charge is 0.140 e. The first kappa shape index (κ1) is 12.6. The topological polar surface area (TPSA) is 83.8 Å². The molecule has 0 spiro atoms. The number of nitrogens with two attached hydrogens (primary N) is 1. The molecule has 0 amide bonds. The highest BCUT2D eigenvalue weighted by Gasteiger charge is 2.13. The molecule has 1 rings (SSSR count). The maximum absolute atomic E-state index is 7.26. The summed E-state index contributed by atoms with van der Waals surface area (Å²) in [6, 6.07) is 0.236. The normalized spacial score (nSPS) is 13.0. The molecule has 6 heteroatoms. The van der Waals surface area contributed by atoms with Crippen LogP contribution in [0.1, 0.15) is 26.1 Å². The van der Waals surface area contributed by atoms with E-state index in [0.29, 0.717) is 6.42 Å². The monoisotopic (exact) mass is 224 g/mol. The number of hydrogen-bond acceptors (Lipinski definition) is 4. The molecule has 0 saturated carbocycles. The minimum absolute atomic E-state index is 0.219. The molecule has 0 fully saturated rings. The van der Waals surface area contributed by atoms with E-state index in [9.17, 15) is 0 Å². The van der Waals surface area contributed by atoms with Gasteiger partial charge in [-0.1, -0.05) is 0 Å². The van der Waals surface area contributed by atoms with E-state index in [1.54, 1.807) is 6.33 Å². The molecule has 1 unspecified atom stereocenters. The second-order valence-electron chi connectivity index (χ2n) is 3.99. The summed E-state index contributed by atoms with van der Waals surface area (Å²) in [5.41, 5.74) is 5.38. The Morgan fingerprint density at radius 3 is 2.94 bits per heavy atom. The molecule has 1 aromatic rings. The van der Waals surface area contributed by atoms with E-state index >= 15 is 0 Å². The first-order valence-corrected chi connectivity index (χ1v) is 5.44. The lowest BCUT2D eigenvalue weighted by Crippen LogP contribution is -2.33. The van der Waals surface area contributed by atoms with E-state index < -0.39 is 0 Å². The summed E-state index contributed by atoms with van der Waals surface area (Å²) >= 11 is 0. The van der Waals surface area contributed by atoms with Crippen LogP contribution in [0, 0.1) is 5.41 Å². The van der Waals surface area contributed by atoms with Gasteiger partial charge in [0.1, 0.15) is 12.2 Å². The summed E-state index contributed by atoms with van der Waals surface area (Å²) in [5, 5.41) is 11.4. The SMILES string of the molecule is CCn1ncnc1CN(C)C(C)CC(=N)N. The van der Waals surface area contributed by atoms with Crippen molar-refractivity contribution in [3.05, 3.63) is 12.2 Å². The molecule has 0 aliphatic heterocycles. The number of aryl methyl sites for hydroxylation is 1. The van der Waals surface area contributed by atoms with Gasteiger partial charge >= 0.3 is 0 Å². The fourth-order valence-corrected chi connectivity index (χ4v) is 1.53. The second kappa shape index (κ2) is 5.60. The summed E-state index contributed by atoms with van der Waals surface area (Å²) in [6.07, 6.45) is 2.15. The molecule has 0 aliphatic carbocycles. The number of hydrogen-bond donors (Lipinski definition) is 2. The molecular formula is C10H20N6. The quantitative estimate of drug-likeness (QED) is 0.542. The van der Waals surface area contributed by atoms with Crippen molar-refractivity contribution in [2.24, 2.45) is 5.73 Å². The molecule has 0 bridgehead atoms. The maximum atomic E-state index is 7.26. The van der Waals surface area contributed by atoms with Crippen molar-refractivity contribution in [3.8, 4) is 0 Å². The van der Waals surface area contributed by atoms with Gasteiger partial charge in [0, 0.05) is 19.0 Å².